The molecule has 1 saturated carbocycles. The molecule has 4 heterocycles. The van der Waals surface area contributed by atoms with Gasteiger partial charge in [0, 0.05) is 22.9 Å². The van der Waals surface area contributed by atoms with Gasteiger partial charge in [-0.2, -0.15) is 0 Å². The van der Waals surface area contributed by atoms with Crippen LogP contribution in [0.15, 0.2) is 68.3 Å². The lowest BCUT2D eigenvalue weighted by molar-refractivity contribution is -0.314. The SMILES string of the molecule is CN1CCC(CN2c3ccccc3Sc3ccccc32)C1.CN[C@@H]1[C@H](O[C@H]2[C@H](O[C@H]3[C@H](O)[C@@H](O)[C@H](N=C(N)N)[C@@H](O)[C@@H]3N=C(N)N)O[C@@H](C)[C@]2(O)C=O)O[C@@H](CO)[C@H](O)[C@H]1O. The van der Waals surface area contributed by atoms with Crippen LogP contribution in [0.2, 0.25) is 0 Å². The molecule has 4 aliphatic heterocycles. The fourth-order valence-electron chi connectivity index (χ4n) is 8.49. The number of hydrogen-bond acceptors (Lipinski definition) is 18. The van der Waals surface area contributed by atoms with E-state index >= 15 is 0 Å². The van der Waals surface area contributed by atoms with E-state index in [1.54, 1.807) is 0 Å². The minimum absolute atomic E-state index is 0.140. The molecule has 4 fully saturated rings. The van der Waals surface area contributed by atoms with Gasteiger partial charge in [-0.25, -0.2) is 9.98 Å². The van der Waals surface area contributed by atoms with Crippen LogP contribution in [0.5, 0.6) is 0 Å². The number of anilines is 2. The van der Waals surface area contributed by atoms with Crippen LogP contribution in [-0.4, -0.2) is 190 Å². The Morgan fingerprint density at radius 2 is 1.49 bits per heavy atom. The van der Waals surface area contributed by atoms with Crippen LogP contribution in [-0.2, 0) is 23.7 Å². The summed E-state index contributed by atoms with van der Waals surface area (Å²) in [6.07, 6.45) is -16.0. The van der Waals surface area contributed by atoms with E-state index in [1.165, 1.54) is 54.6 Å². The molecular weight excluding hydrogens is 819 g/mol. The number of para-hydroxylation sites is 2. The maximum atomic E-state index is 12.1. The van der Waals surface area contributed by atoms with Crippen LogP contribution in [0.25, 0.3) is 0 Å². The van der Waals surface area contributed by atoms with E-state index in [4.69, 9.17) is 41.9 Å². The van der Waals surface area contributed by atoms with E-state index in [-0.39, 0.29) is 6.29 Å². The van der Waals surface area contributed by atoms with Crippen molar-refractivity contribution in [2.24, 2.45) is 38.8 Å². The van der Waals surface area contributed by atoms with Crippen LogP contribution < -0.4 is 33.2 Å². The molecule has 16 atom stereocenters. The van der Waals surface area contributed by atoms with E-state index in [2.05, 4.69) is 80.7 Å². The number of nitrogens with one attached hydrogen (secondary N) is 1. The number of likely N-dealkylation sites (tertiary alicyclic amines) is 1. The molecule has 0 radical (unpaired) electrons. The highest BCUT2D eigenvalue weighted by atomic mass is 32.2. The van der Waals surface area contributed by atoms with Gasteiger partial charge in [0.1, 0.15) is 60.9 Å². The molecule has 0 bridgehead atoms. The predicted molar refractivity (Wildman–Crippen MR) is 223 cm³/mol. The molecule has 338 valence electrons. The lowest BCUT2D eigenvalue weighted by atomic mass is 9.81. The number of aliphatic imine (C=N–C) groups is 2. The summed E-state index contributed by atoms with van der Waals surface area (Å²) in [7, 11) is 3.65. The first-order valence-corrected chi connectivity index (χ1v) is 20.8. The molecule has 16 N–H and O–H groups in total. The number of likely N-dealkylation sites (N-methyl/N-ethyl adjacent to an activating group) is 1. The minimum atomic E-state index is -2.38. The Bertz CT molecular complexity index is 1820. The summed E-state index contributed by atoms with van der Waals surface area (Å²) >= 11 is 1.89. The van der Waals surface area contributed by atoms with Gasteiger partial charge in [0.15, 0.2) is 36.4 Å². The van der Waals surface area contributed by atoms with Crippen molar-refractivity contribution in [2.75, 3.05) is 45.2 Å². The summed E-state index contributed by atoms with van der Waals surface area (Å²) in [5, 5.41) is 76.6. The van der Waals surface area contributed by atoms with Gasteiger partial charge in [0.25, 0.3) is 0 Å². The maximum Gasteiger partial charge on any atom is 0.188 e. The molecule has 22 heteroatoms. The third-order valence-corrected chi connectivity index (χ3v) is 12.9. The number of nitrogens with zero attached hydrogens (tertiary/aromatic N) is 4. The van der Waals surface area contributed by atoms with Crippen molar-refractivity contribution in [3.63, 3.8) is 0 Å². The first kappa shape index (κ1) is 46.8. The summed E-state index contributed by atoms with van der Waals surface area (Å²) in [6, 6.07) is 13.5. The molecule has 2 aromatic carbocycles. The lowest BCUT2D eigenvalue weighted by Crippen LogP contribution is -2.66. The second-order valence-corrected chi connectivity index (χ2v) is 17.0. The Hall–Kier alpha value is -3.72. The second-order valence-electron chi connectivity index (χ2n) is 16.0. The lowest BCUT2D eigenvalue weighted by Gasteiger charge is -2.45. The van der Waals surface area contributed by atoms with Crippen molar-refractivity contribution in [3.05, 3.63) is 48.5 Å². The third kappa shape index (κ3) is 9.77. The standard InChI is InChI=1S/C21H39N7O12.C18H20N2S/c1-5-21(36,4-30)16(40-17-9(26-2)13(34)10(31)6(3-29)38-17)18(37-5)39-15-8(28-20(24)25)11(32)7(27-19(22)23)12(33)14(15)35;1-19-11-10-14(12-19)13-20-15-6-2-4-8-17(15)21-18-9-5-3-7-16(18)20/h4-18,26,29,31-36H,3H2,1-2H3,(H4,22,23,27)(H4,24,25,28);2-9,14H,10-13H2,1H3/t5-,6-,7+,8-,9-,10-,11+,12-,13-,14+,15+,16-,17-,18-,21+;/m0./s1. The number of guanidine groups is 2. The predicted octanol–water partition coefficient (Wildman–Crippen LogP) is -3.92. The first-order chi connectivity index (χ1) is 29.0. The fourth-order valence-corrected chi connectivity index (χ4v) is 9.59. The summed E-state index contributed by atoms with van der Waals surface area (Å²) in [5.74, 6) is -0.271. The normalized spacial score (nSPS) is 38.4. The highest BCUT2D eigenvalue weighted by Crippen LogP contribution is 2.48. The van der Waals surface area contributed by atoms with Crippen LogP contribution in [0, 0.1) is 5.92 Å². The van der Waals surface area contributed by atoms with Gasteiger partial charge < -0.3 is 92.7 Å². The quantitative estimate of drug-likeness (QED) is 0.0583. The van der Waals surface area contributed by atoms with Crippen LogP contribution in [0.3, 0.4) is 0 Å². The van der Waals surface area contributed by atoms with Crippen molar-refractivity contribution in [3.8, 4) is 0 Å². The molecule has 7 rings (SSSR count). The Labute approximate surface area is 357 Å². The van der Waals surface area contributed by atoms with E-state index in [0.717, 1.165) is 12.5 Å². The molecular formula is C39H59N9O12S. The number of benzene rings is 2. The summed E-state index contributed by atoms with van der Waals surface area (Å²) < 4.78 is 22.9. The average Bonchev–Trinajstić information content (AvgIpc) is 3.75. The van der Waals surface area contributed by atoms with Crippen molar-refractivity contribution < 1.29 is 59.5 Å². The van der Waals surface area contributed by atoms with Crippen molar-refractivity contribution >= 4 is 41.3 Å². The Morgan fingerprint density at radius 1 is 0.885 bits per heavy atom. The van der Waals surface area contributed by atoms with E-state index in [1.807, 2.05) is 11.8 Å². The molecule has 3 saturated heterocycles. The largest absolute Gasteiger partial charge is 0.394 e. The minimum Gasteiger partial charge on any atom is -0.394 e. The number of carbonyl (C=O) groups is 1. The number of aldehydes is 1. The molecule has 5 aliphatic rings. The average molecular weight is 878 g/mol. The number of fused-ring (bicyclic) bond motifs is 2. The number of nitrogens with two attached hydrogens (primary N) is 4. The van der Waals surface area contributed by atoms with Gasteiger partial charge >= 0.3 is 0 Å². The molecule has 1 aliphatic carbocycles. The first-order valence-electron chi connectivity index (χ1n) is 20.0. The number of aliphatic hydroxyl groups excluding tert-OH is 6. The number of rotatable bonds is 11. The van der Waals surface area contributed by atoms with Crippen molar-refractivity contribution in [1.82, 2.24) is 10.2 Å². The third-order valence-electron chi connectivity index (χ3n) is 11.8. The van der Waals surface area contributed by atoms with Crippen LogP contribution in [0.1, 0.15) is 13.3 Å². The van der Waals surface area contributed by atoms with E-state index in [0.29, 0.717) is 0 Å². The maximum absolute atomic E-state index is 12.1. The number of hydrogen-bond donors (Lipinski definition) is 12. The van der Waals surface area contributed by atoms with Gasteiger partial charge in [-0.15, -0.1) is 0 Å². The van der Waals surface area contributed by atoms with E-state index in [9.17, 15) is 40.5 Å². The Morgan fingerprint density at radius 3 is 2.03 bits per heavy atom. The molecule has 0 spiro atoms. The molecule has 61 heavy (non-hydrogen) atoms. The molecule has 0 aromatic heterocycles. The molecule has 21 nitrogen and oxygen atoms in total. The summed E-state index contributed by atoms with van der Waals surface area (Å²) in [5.41, 5.74) is 22.1. The van der Waals surface area contributed by atoms with Gasteiger partial charge in [0.05, 0.1) is 30.1 Å². The van der Waals surface area contributed by atoms with Crippen LogP contribution >= 0.6 is 11.8 Å². The summed E-state index contributed by atoms with van der Waals surface area (Å²) in [6.45, 7) is 4.19. The molecule has 1 unspecified atom stereocenters. The topological polar surface area (TPSA) is 343 Å². The van der Waals surface area contributed by atoms with Crippen molar-refractivity contribution in [1.29, 1.82) is 0 Å². The smallest absolute Gasteiger partial charge is 0.188 e. The molecule has 0 amide bonds. The van der Waals surface area contributed by atoms with Crippen molar-refractivity contribution in [2.45, 2.75) is 114 Å². The number of ether oxygens (including phenoxy) is 4. The summed E-state index contributed by atoms with van der Waals surface area (Å²) in [4.78, 5) is 27.4. The Balaban J connectivity index is 0.000000245. The fraction of sp³-hybridized carbons (Fsp3) is 0.615. The molecule has 2 aromatic rings. The zero-order chi connectivity index (χ0) is 44.3. The number of aliphatic hydroxyl groups is 7. The van der Waals surface area contributed by atoms with E-state index < -0.39 is 110 Å². The second kappa shape index (κ2) is 19.8. The van der Waals surface area contributed by atoms with Gasteiger partial charge in [0.2, 0.25) is 0 Å². The highest BCUT2D eigenvalue weighted by molar-refractivity contribution is 7.99. The van der Waals surface area contributed by atoms with Crippen LogP contribution in [0.4, 0.5) is 11.4 Å². The van der Waals surface area contributed by atoms with Gasteiger partial charge in [-0.1, -0.05) is 36.0 Å². The highest BCUT2D eigenvalue weighted by Gasteiger charge is 2.61. The van der Waals surface area contributed by atoms with Gasteiger partial charge in [-0.05, 0) is 64.2 Å². The monoisotopic (exact) mass is 877 g/mol. The van der Waals surface area contributed by atoms with Gasteiger partial charge in [-0.3, -0.25) is 4.79 Å². The zero-order valence-electron chi connectivity index (χ0n) is 34.1. The Kier molecular flexibility index (Phi) is 15.2. The number of carbonyl (C=O) groups excluding carboxylic acids is 1. The zero-order valence-corrected chi connectivity index (χ0v) is 34.9.